The lowest BCUT2D eigenvalue weighted by Crippen LogP contribution is -1.95. The molecule has 8 nitrogen and oxygen atoms in total. The molecule has 0 atom stereocenters. The Morgan fingerprint density at radius 1 is 0.512 bits per heavy atom. The van der Waals surface area contributed by atoms with Crippen molar-refractivity contribution >= 4 is 34.1 Å². The normalized spacial score (nSPS) is 11.6. The van der Waals surface area contributed by atoms with Gasteiger partial charge in [0.15, 0.2) is 0 Å². The van der Waals surface area contributed by atoms with Crippen LogP contribution in [0, 0.1) is 13.8 Å². The fraction of sp³-hybridized carbons (Fsp3) is 0.0909. The van der Waals surface area contributed by atoms with Crippen LogP contribution in [0.15, 0.2) is 146 Å². The molecule has 0 fully saturated rings. The van der Waals surface area contributed by atoms with Crippen LogP contribution in [0.25, 0.3) is 0 Å². The zero-order valence-corrected chi connectivity index (χ0v) is 22.7. The number of hydrogen-bond donors (Lipinski definition) is 1. The van der Waals surface area contributed by atoms with Crippen molar-refractivity contribution in [3.8, 4) is 11.5 Å². The Balaban J connectivity index is 1.15. The smallest absolute Gasteiger partial charge is 0.120 e. The molecule has 8 heteroatoms. The number of hydrogen-bond acceptors (Lipinski definition) is 8. The number of aromatic hydroxyl groups is 1. The van der Waals surface area contributed by atoms with Crippen LogP contribution >= 0.6 is 0 Å². The summed E-state index contributed by atoms with van der Waals surface area (Å²) in [7, 11) is 0. The first-order chi connectivity index (χ1) is 20.0. The SMILES string of the molecule is Cc1cc(O)ccc1/N=N/c1ccc(/N=N/c2ccc(/N=N/c3ccc(OCc4ccccc4)cc3C)cc2)cc1. The lowest BCUT2D eigenvalue weighted by atomic mass is 10.2. The van der Waals surface area contributed by atoms with Crippen molar-refractivity contribution in [2.24, 2.45) is 30.7 Å². The third-order valence-corrected chi connectivity index (χ3v) is 6.12. The highest BCUT2D eigenvalue weighted by molar-refractivity contribution is 5.52. The van der Waals surface area contributed by atoms with Crippen LogP contribution in [0.4, 0.5) is 34.1 Å². The lowest BCUT2D eigenvalue weighted by Gasteiger charge is -2.08. The third kappa shape index (κ3) is 7.77. The molecule has 0 saturated heterocycles. The van der Waals surface area contributed by atoms with Gasteiger partial charge in [0.05, 0.1) is 34.1 Å². The summed E-state index contributed by atoms with van der Waals surface area (Å²) < 4.78 is 5.89. The van der Waals surface area contributed by atoms with Crippen LogP contribution in [0.3, 0.4) is 0 Å². The van der Waals surface area contributed by atoms with Crippen LogP contribution in [0.1, 0.15) is 16.7 Å². The molecule has 0 amide bonds. The predicted octanol–water partition coefficient (Wildman–Crippen LogP) is 10.8. The summed E-state index contributed by atoms with van der Waals surface area (Å²) in [6.45, 7) is 4.37. The molecule has 5 aromatic carbocycles. The molecule has 0 aliphatic carbocycles. The number of azo groups is 3. The first-order valence-corrected chi connectivity index (χ1v) is 13.0. The molecule has 0 aliphatic rings. The van der Waals surface area contributed by atoms with E-state index in [4.69, 9.17) is 4.74 Å². The highest BCUT2D eigenvalue weighted by Gasteiger charge is 2.02. The first-order valence-electron chi connectivity index (χ1n) is 13.0. The van der Waals surface area contributed by atoms with Crippen LogP contribution in [-0.2, 0) is 6.61 Å². The van der Waals surface area contributed by atoms with E-state index >= 15 is 0 Å². The maximum absolute atomic E-state index is 9.52. The summed E-state index contributed by atoms with van der Waals surface area (Å²) in [6.07, 6.45) is 0. The number of rotatable bonds is 9. The van der Waals surface area contributed by atoms with E-state index in [0.717, 1.165) is 28.1 Å². The van der Waals surface area contributed by atoms with Gasteiger partial charge in [-0.25, -0.2) is 0 Å². The van der Waals surface area contributed by atoms with E-state index in [1.54, 1.807) is 18.2 Å². The Morgan fingerprint density at radius 2 is 0.976 bits per heavy atom. The molecule has 0 aliphatic heterocycles. The van der Waals surface area contributed by atoms with Gasteiger partial charge in [0, 0.05) is 0 Å². The second-order valence-electron chi connectivity index (χ2n) is 9.33. The average Bonchev–Trinajstić information content (AvgIpc) is 3.00. The largest absolute Gasteiger partial charge is 0.508 e. The van der Waals surface area contributed by atoms with E-state index in [9.17, 15) is 5.11 Å². The molecule has 0 spiro atoms. The van der Waals surface area contributed by atoms with Crippen molar-refractivity contribution in [1.29, 1.82) is 0 Å². The quantitative estimate of drug-likeness (QED) is 0.188. The number of nitrogens with zero attached hydrogens (tertiary/aromatic N) is 6. The van der Waals surface area contributed by atoms with E-state index < -0.39 is 0 Å². The topological polar surface area (TPSA) is 104 Å². The Bertz CT molecular complexity index is 1700. The summed E-state index contributed by atoms with van der Waals surface area (Å²) in [5, 5.41) is 35.4. The summed E-state index contributed by atoms with van der Waals surface area (Å²) in [5.41, 5.74) is 7.23. The van der Waals surface area contributed by atoms with Crippen molar-refractivity contribution in [2.75, 3.05) is 0 Å². The van der Waals surface area contributed by atoms with Gasteiger partial charge in [-0.15, -0.1) is 0 Å². The van der Waals surface area contributed by atoms with E-state index in [1.807, 2.05) is 111 Å². The van der Waals surface area contributed by atoms with Crippen LogP contribution < -0.4 is 4.74 Å². The number of ether oxygens (including phenoxy) is 1. The van der Waals surface area contributed by atoms with Gasteiger partial charge in [0.2, 0.25) is 0 Å². The molecular formula is C33H28N6O2. The fourth-order valence-corrected chi connectivity index (χ4v) is 3.83. The summed E-state index contributed by atoms with van der Waals surface area (Å²) in [6, 6.07) is 35.5. The van der Waals surface area contributed by atoms with Crippen molar-refractivity contribution < 1.29 is 9.84 Å². The van der Waals surface area contributed by atoms with Gasteiger partial charge in [-0.3, -0.25) is 0 Å². The molecule has 0 heterocycles. The zero-order chi connectivity index (χ0) is 28.4. The molecule has 0 saturated carbocycles. The van der Waals surface area contributed by atoms with Gasteiger partial charge in [-0.05, 0) is 115 Å². The maximum Gasteiger partial charge on any atom is 0.120 e. The number of benzene rings is 5. The minimum absolute atomic E-state index is 0.206. The van der Waals surface area contributed by atoms with Gasteiger partial charge in [0.1, 0.15) is 18.1 Å². The summed E-state index contributed by atoms with van der Waals surface area (Å²) in [4.78, 5) is 0. The zero-order valence-electron chi connectivity index (χ0n) is 22.7. The summed E-state index contributed by atoms with van der Waals surface area (Å²) >= 11 is 0. The maximum atomic E-state index is 9.52. The van der Waals surface area contributed by atoms with Gasteiger partial charge in [0.25, 0.3) is 0 Å². The second kappa shape index (κ2) is 13.0. The Labute approximate surface area is 238 Å². The standard InChI is InChI=1S/C33H28N6O2/c1-23-20-30(40)16-18-32(23)38-36-28-12-8-26(9-13-28)34-35-27-10-14-29(15-11-27)37-39-33-19-17-31(21-24(33)2)41-22-25-6-4-3-5-7-25/h3-21,40H,22H2,1-2H3/b35-34+,38-36+,39-37+. The molecule has 5 aromatic rings. The van der Waals surface area contributed by atoms with Crippen LogP contribution in [0.2, 0.25) is 0 Å². The van der Waals surface area contributed by atoms with E-state index in [-0.39, 0.29) is 5.75 Å². The fourth-order valence-electron chi connectivity index (χ4n) is 3.83. The first kappa shape index (κ1) is 27.1. The minimum Gasteiger partial charge on any atom is -0.508 e. The lowest BCUT2D eigenvalue weighted by molar-refractivity contribution is 0.306. The van der Waals surface area contributed by atoms with E-state index in [0.29, 0.717) is 35.0 Å². The third-order valence-electron chi connectivity index (χ3n) is 6.12. The van der Waals surface area contributed by atoms with E-state index in [2.05, 4.69) is 30.7 Å². The Kier molecular flexibility index (Phi) is 8.61. The average molecular weight is 541 g/mol. The number of aryl methyl sites for hydroxylation is 2. The molecule has 0 aromatic heterocycles. The molecule has 202 valence electrons. The monoisotopic (exact) mass is 540 g/mol. The number of phenols is 1. The highest BCUT2D eigenvalue weighted by atomic mass is 16.5. The van der Waals surface area contributed by atoms with Gasteiger partial charge in [-0.2, -0.15) is 30.7 Å². The highest BCUT2D eigenvalue weighted by Crippen LogP contribution is 2.29. The molecular weight excluding hydrogens is 512 g/mol. The van der Waals surface area contributed by atoms with Gasteiger partial charge < -0.3 is 9.84 Å². The van der Waals surface area contributed by atoms with Crippen molar-refractivity contribution in [3.63, 3.8) is 0 Å². The van der Waals surface area contributed by atoms with Crippen molar-refractivity contribution in [2.45, 2.75) is 20.5 Å². The second-order valence-corrected chi connectivity index (χ2v) is 9.33. The van der Waals surface area contributed by atoms with Crippen molar-refractivity contribution in [3.05, 3.63) is 132 Å². The predicted molar refractivity (Wildman–Crippen MR) is 160 cm³/mol. The van der Waals surface area contributed by atoms with Crippen LogP contribution in [0.5, 0.6) is 11.5 Å². The molecule has 0 unspecified atom stereocenters. The molecule has 1 N–H and O–H groups in total. The van der Waals surface area contributed by atoms with Crippen LogP contribution in [-0.4, -0.2) is 5.11 Å². The minimum atomic E-state index is 0.206. The van der Waals surface area contributed by atoms with E-state index in [1.165, 1.54) is 0 Å². The molecule has 0 bridgehead atoms. The Hall–Kier alpha value is -5.50. The summed E-state index contributed by atoms with van der Waals surface area (Å²) in [5.74, 6) is 1.00. The van der Waals surface area contributed by atoms with Gasteiger partial charge in [-0.1, -0.05) is 30.3 Å². The molecule has 0 radical (unpaired) electrons. The number of phenolic OH excluding ortho intramolecular Hbond substituents is 1. The van der Waals surface area contributed by atoms with Crippen molar-refractivity contribution in [1.82, 2.24) is 0 Å². The van der Waals surface area contributed by atoms with Gasteiger partial charge >= 0.3 is 0 Å². The molecule has 41 heavy (non-hydrogen) atoms. The Morgan fingerprint density at radius 3 is 1.46 bits per heavy atom. The molecule has 5 rings (SSSR count).